The summed E-state index contributed by atoms with van der Waals surface area (Å²) in [6, 6.07) is 7.82. The molecule has 2 aliphatic heterocycles. The molecule has 1 aromatic rings. The van der Waals surface area contributed by atoms with Gasteiger partial charge in [0.05, 0.1) is 0 Å². The number of likely N-dealkylation sites (N-methyl/N-ethyl adjacent to an activating group) is 1. The van der Waals surface area contributed by atoms with Gasteiger partial charge in [0.2, 0.25) is 12.3 Å². The molecule has 4 nitrogen and oxygen atoms in total. The molecule has 2 amide bonds. The van der Waals surface area contributed by atoms with E-state index in [1.807, 2.05) is 24.3 Å². The van der Waals surface area contributed by atoms with Crippen LogP contribution < -0.4 is 4.90 Å². The number of amides is 2. The zero-order chi connectivity index (χ0) is 12.2. The second-order valence-corrected chi connectivity index (χ2v) is 5.00. The number of anilines is 1. The Kier molecular flexibility index (Phi) is 1.88. The van der Waals surface area contributed by atoms with Crippen molar-refractivity contribution in [3.8, 4) is 0 Å². The fraction of sp³-hybridized carbons (Fsp3) is 0.385. The Bertz CT molecular complexity index is 514. The van der Waals surface area contributed by atoms with Gasteiger partial charge in [-0.05, 0) is 11.6 Å². The van der Waals surface area contributed by atoms with E-state index >= 15 is 0 Å². The molecule has 0 aromatic heterocycles. The van der Waals surface area contributed by atoms with E-state index in [1.165, 1.54) is 0 Å². The molecule has 0 aliphatic carbocycles. The first-order chi connectivity index (χ1) is 8.09. The van der Waals surface area contributed by atoms with Crippen LogP contribution in [0.2, 0.25) is 0 Å². The average Bonchev–Trinajstić information content (AvgIpc) is 2.70. The number of hydrogen-bond donors (Lipinski definition) is 0. The minimum absolute atomic E-state index is 0.0962. The maximum absolute atomic E-state index is 11.8. The average molecular weight is 230 g/mol. The molecule has 2 atom stereocenters. The zero-order valence-electron chi connectivity index (χ0n) is 9.88. The summed E-state index contributed by atoms with van der Waals surface area (Å²) in [6.45, 7) is 2.06. The van der Waals surface area contributed by atoms with E-state index in [4.69, 9.17) is 0 Å². The lowest BCUT2D eigenvalue weighted by atomic mass is 9.81. The van der Waals surface area contributed by atoms with Gasteiger partial charge < -0.3 is 4.90 Å². The van der Waals surface area contributed by atoms with Crippen LogP contribution in [0.5, 0.6) is 0 Å². The van der Waals surface area contributed by atoms with Crippen LogP contribution in [0.4, 0.5) is 5.69 Å². The van der Waals surface area contributed by atoms with Gasteiger partial charge in [0.15, 0.2) is 0 Å². The van der Waals surface area contributed by atoms with Crippen LogP contribution >= 0.6 is 0 Å². The predicted octanol–water partition coefficient (Wildman–Crippen LogP) is 1.11. The quantitative estimate of drug-likeness (QED) is 0.678. The van der Waals surface area contributed by atoms with Gasteiger partial charge in [0, 0.05) is 24.6 Å². The molecule has 2 heterocycles. The number of para-hydroxylation sites is 1. The summed E-state index contributed by atoms with van der Waals surface area (Å²) < 4.78 is 0. The number of rotatable bonds is 1. The molecule has 0 N–H and O–H groups in total. The Labute approximate surface area is 99.8 Å². The maximum Gasteiger partial charge on any atom is 0.225 e. The highest BCUT2D eigenvalue weighted by Crippen LogP contribution is 2.51. The summed E-state index contributed by atoms with van der Waals surface area (Å²) in [6.07, 6.45) is 1.12. The fourth-order valence-electron chi connectivity index (χ4n) is 3.25. The number of fused-ring (bicyclic) bond motifs is 3. The largest absolute Gasteiger partial charge is 0.324 e. The molecule has 0 spiro atoms. The Morgan fingerprint density at radius 3 is 2.82 bits per heavy atom. The van der Waals surface area contributed by atoms with E-state index in [9.17, 15) is 9.59 Å². The summed E-state index contributed by atoms with van der Waals surface area (Å²) in [5.41, 5.74) is 1.74. The molecule has 0 unspecified atom stereocenters. The molecule has 2 aliphatic rings. The summed E-state index contributed by atoms with van der Waals surface area (Å²) in [5, 5.41) is 0. The molecule has 1 aromatic carbocycles. The summed E-state index contributed by atoms with van der Waals surface area (Å²) >= 11 is 0. The van der Waals surface area contributed by atoms with Gasteiger partial charge in [-0.1, -0.05) is 25.1 Å². The third-order valence-electron chi connectivity index (χ3n) is 4.02. The molecule has 1 fully saturated rings. The molecular weight excluding hydrogens is 216 g/mol. The van der Waals surface area contributed by atoms with Crippen molar-refractivity contribution >= 4 is 18.0 Å². The van der Waals surface area contributed by atoms with Crippen LogP contribution in [0.15, 0.2) is 24.3 Å². The minimum atomic E-state index is -0.274. The van der Waals surface area contributed by atoms with Crippen LogP contribution in [-0.4, -0.2) is 30.4 Å². The fourth-order valence-corrected chi connectivity index (χ4v) is 3.25. The standard InChI is InChI=1S/C13H14N2O2/c1-13-7-11(17)14(2)12(13)15(8-16)10-6-4-3-5-9(10)13/h3-6,8,12H,7H2,1-2H3/t12-,13+/m1/s1. The molecule has 0 saturated carbocycles. The van der Waals surface area contributed by atoms with Gasteiger partial charge in [-0.2, -0.15) is 0 Å². The second kappa shape index (κ2) is 3.09. The Balaban J connectivity index is 2.23. The lowest BCUT2D eigenvalue weighted by Gasteiger charge is -2.30. The summed E-state index contributed by atoms with van der Waals surface area (Å²) in [4.78, 5) is 26.5. The predicted molar refractivity (Wildman–Crippen MR) is 63.5 cm³/mol. The van der Waals surface area contributed by atoms with Crippen molar-refractivity contribution in [2.75, 3.05) is 11.9 Å². The number of likely N-dealkylation sites (tertiary alicyclic amines) is 1. The van der Waals surface area contributed by atoms with Gasteiger partial charge in [-0.25, -0.2) is 0 Å². The van der Waals surface area contributed by atoms with E-state index in [2.05, 4.69) is 6.92 Å². The molecule has 0 radical (unpaired) electrons. The van der Waals surface area contributed by atoms with Gasteiger partial charge >= 0.3 is 0 Å². The van der Waals surface area contributed by atoms with Gasteiger partial charge in [-0.3, -0.25) is 14.5 Å². The summed E-state index contributed by atoms with van der Waals surface area (Å²) in [7, 11) is 1.76. The van der Waals surface area contributed by atoms with E-state index in [1.54, 1.807) is 16.8 Å². The number of benzene rings is 1. The third kappa shape index (κ3) is 1.07. The molecule has 17 heavy (non-hydrogen) atoms. The topological polar surface area (TPSA) is 40.6 Å². The lowest BCUT2D eigenvalue weighted by molar-refractivity contribution is -0.127. The number of nitrogens with zero attached hydrogens (tertiary/aromatic N) is 2. The first-order valence-electron chi connectivity index (χ1n) is 5.68. The molecule has 1 saturated heterocycles. The molecular formula is C13H14N2O2. The second-order valence-electron chi connectivity index (χ2n) is 5.00. The monoisotopic (exact) mass is 230 g/mol. The van der Waals surface area contributed by atoms with Crippen LogP contribution in [0.1, 0.15) is 18.9 Å². The smallest absolute Gasteiger partial charge is 0.225 e. The van der Waals surface area contributed by atoms with Crippen molar-refractivity contribution in [1.82, 2.24) is 4.90 Å². The van der Waals surface area contributed by atoms with Crippen LogP contribution in [-0.2, 0) is 15.0 Å². The highest BCUT2D eigenvalue weighted by Gasteiger charge is 2.56. The van der Waals surface area contributed by atoms with Crippen molar-refractivity contribution in [2.24, 2.45) is 0 Å². The molecule has 0 bridgehead atoms. The molecule has 4 heteroatoms. The maximum atomic E-state index is 11.8. The first kappa shape index (κ1) is 10.3. The van der Waals surface area contributed by atoms with E-state index < -0.39 is 0 Å². The SMILES string of the molecule is CN1C(=O)C[C@@]2(C)c3ccccc3N(C=O)[C@@H]12. The van der Waals surface area contributed by atoms with Crippen LogP contribution in [0, 0.1) is 0 Å². The summed E-state index contributed by atoms with van der Waals surface area (Å²) in [5.74, 6) is 0.0962. The van der Waals surface area contributed by atoms with Crippen molar-refractivity contribution in [1.29, 1.82) is 0 Å². The molecule has 88 valence electrons. The van der Waals surface area contributed by atoms with E-state index in [-0.39, 0.29) is 17.5 Å². The Morgan fingerprint density at radius 2 is 2.12 bits per heavy atom. The number of carbonyl (C=O) groups excluding carboxylic acids is 2. The van der Waals surface area contributed by atoms with E-state index in [0.29, 0.717) is 6.42 Å². The van der Waals surface area contributed by atoms with Crippen molar-refractivity contribution in [2.45, 2.75) is 24.9 Å². The third-order valence-corrected chi connectivity index (χ3v) is 4.02. The van der Waals surface area contributed by atoms with Crippen LogP contribution in [0.25, 0.3) is 0 Å². The highest BCUT2D eigenvalue weighted by atomic mass is 16.2. The Morgan fingerprint density at radius 1 is 1.41 bits per heavy atom. The molecule has 3 rings (SSSR count). The normalized spacial score (nSPS) is 30.5. The lowest BCUT2D eigenvalue weighted by Crippen LogP contribution is -2.47. The highest BCUT2D eigenvalue weighted by molar-refractivity contribution is 5.91. The van der Waals surface area contributed by atoms with Crippen molar-refractivity contribution in [3.05, 3.63) is 29.8 Å². The van der Waals surface area contributed by atoms with Gasteiger partial charge in [0.25, 0.3) is 0 Å². The number of carbonyl (C=O) groups is 2. The van der Waals surface area contributed by atoms with Gasteiger partial charge in [-0.15, -0.1) is 0 Å². The van der Waals surface area contributed by atoms with Crippen LogP contribution in [0.3, 0.4) is 0 Å². The minimum Gasteiger partial charge on any atom is -0.324 e. The first-order valence-corrected chi connectivity index (χ1v) is 5.68. The van der Waals surface area contributed by atoms with Crippen molar-refractivity contribution in [3.63, 3.8) is 0 Å². The van der Waals surface area contributed by atoms with Gasteiger partial charge in [0.1, 0.15) is 6.17 Å². The van der Waals surface area contributed by atoms with Crippen molar-refractivity contribution < 1.29 is 9.59 Å². The number of hydrogen-bond acceptors (Lipinski definition) is 2. The Hall–Kier alpha value is -1.84. The van der Waals surface area contributed by atoms with E-state index in [0.717, 1.165) is 17.7 Å². The zero-order valence-corrected chi connectivity index (χ0v) is 9.88.